The molecule has 0 aliphatic rings. The first-order valence-electron chi connectivity index (χ1n) is 7.39. The molecule has 1 aromatic rings. The summed E-state index contributed by atoms with van der Waals surface area (Å²) in [6.07, 6.45) is 0.386. The van der Waals surface area contributed by atoms with Crippen LogP contribution in [0.3, 0.4) is 0 Å². The standard InChI is InChI=1S/C16H25ClN2O3/c1-5-12(19-15(21)22-16(2,3)4)10-18-9-11-6-7-14(20)13(17)8-11/h6-8,12,18,20H,5,9-10H2,1-4H3,(H,19,21). The molecule has 1 rings (SSSR count). The summed E-state index contributed by atoms with van der Waals surface area (Å²) in [5.41, 5.74) is 0.466. The lowest BCUT2D eigenvalue weighted by Gasteiger charge is -2.23. The van der Waals surface area contributed by atoms with E-state index in [0.29, 0.717) is 18.1 Å². The number of carbonyl (C=O) groups is 1. The van der Waals surface area contributed by atoms with Crippen molar-refractivity contribution in [2.24, 2.45) is 0 Å². The van der Waals surface area contributed by atoms with Gasteiger partial charge in [-0.05, 0) is 44.9 Å². The number of benzene rings is 1. The third-order valence-corrected chi connectivity index (χ3v) is 3.25. The maximum absolute atomic E-state index is 11.7. The fourth-order valence-electron chi connectivity index (χ4n) is 1.82. The first kappa shape index (κ1) is 18.6. The SMILES string of the molecule is CCC(CNCc1ccc(O)c(Cl)c1)NC(=O)OC(C)(C)C. The largest absolute Gasteiger partial charge is 0.506 e. The Morgan fingerprint density at radius 3 is 2.64 bits per heavy atom. The molecule has 0 radical (unpaired) electrons. The molecular formula is C16H25ClN2O3. The molecule has 3 N–H and O–H groups in total. The van der Waals surface area contributed by atoms with E-state index in [0.717, 1.165) is 12.0 Å². The highest BCUT2D eigenvalue weighted by atomic mass is 35.5. The van der Waals surface area contributed by atoms with E-state index in [9.17, 15) is 9.90 Å². The molecule has 0 bridgehead atoms. The van der Waals surface area contributed by atoms with E-state index >= 15 is 0 Å². The first-order chi connectivity index (χ1) is 10.2. The summed E-state index contributed by atoms with van der Waals surface area (Å²) in [5, 5.41) is 15.8. The van der Waals surface area contributed by atoms with Gasteiger partial charge in [-0.25, -0.2) is 4.79 Å². The lowest BCUT2D eigenvalue weighted by atomic mass is 10.2. The predicted molar refractivity (Wildman–Crippen MR) is 88.3 cm³/mol. The van der Waals surface area contributed by atoms with Crippen LogP contribution in [0.25, 0.3) is 0 Å². The van der Waals surface area contributed by atoms with E-state index in [2.05, 4.69) is 10.6 Å². The van der Waals surface area contributed by atoms with Crippen LogP contribution in [0.15, 0.2) is 18.2 Å². The van der Waals surface area contributed by atoms with Crippen molar-refractivity contribution in [1.82, 2.24) is 10.6 Å². The van der Waals surface area contributed by atoms with Gasteiger partial charge in [-0.2, -0.15) is 0 Å². The smallest absolute Gasteiger partial charge is 0.407 e. The summed E-state index contributed by atoms with van der Waals surface area (Å²) in [5.74, 6) is 0.0726. The van der Waals surface area contributed by atoms with Crippen molar-refractivity contribution in [3.63, 3.8) is 0 Å². The zero-order chi connectivity index (χ0) is 16.8. The van der Waals surface area contributed by atoms with E-state index in [1.165, 1.54) is 0 Å². The van der Waals surface area contributed by atoms with Crippen molar-refractivity contribution >= 4 is 17.7 Å². The van der Waals surface area contributed by atoms with E-state index in [1.54, 1.807) is 18.2 Å². The summed E-state index contributed by atoms with van der Waals surface area (Å²) >= 11 is 5.86. The Balaban J connectivity index is 2.40. The van der Waals surface area contributed by atoms with Crippen molar-refractivity contribution < 1.29 is 14.6 Å². The summed E-state index contributed by atoms with van der Waals surface area (Å²) in [7, 11) is 0. The maximum Gasteiger partial charge on any atom is 0.407 e. The highest BCUT2D eigenvalue weighted by molar-refractivity contribution is 6.32. The summed E-state index contributed by atoms with van der Waals surface area (Å²) in [4.78, 5) is 11.7. The number of aromatic hydroxyl groups is 1. The zero-order valence-corrected chi connectivity index (χ0v) is 14.3. The summed E-state index contributed by atoms with van der Waals surface area (Å²) in [6.45, 7) is 8.73. The van der Waals surface area contributed by atoms with Crippen LogP contribution in [0.2, 0.25) is 5.02 Å². The second-order valence-corrected chi connectivity index (χ2v) is 6.58. The lowest BCUT2D eigenvalue weighted by Crippen LogP contribution is -2.43. The molecule has 124 valence electrons. The number of phenols is 1. The van der Waals surface area contributed by atoms with E-state index in [4.69, 9.17) is 16.3 Å². The van der Waals surface area contributed by atoms with Crippen molar-refractivity contribution in [2.45, 2.75) is 52.3 Å². The van der Waals surface area contributed by atoms with Crippen LogP contribution < -0.4 is 10.6 Å². The van der Waals surface area contributed by atoms with Gasteiger partial charge in [0, 0.05) is 19.1 Å². The van der Waals surface area contributed by atoms with Gasteiger partial charge < -0.3 is 20.5 Å². The monoisotopic (exact) mass is 328 g/mol. The summed E-state index contributed by atoms with van der Waals surface area (Å²) in [6, 6.07) is 5.07. The van der Waals surface area contributed by atoms with Crippen molar-refractivity contribution in [3.05, 3.63) is 28.8 Å². The second kappa shape index (κ2) is 8.25. The van der Waals surface area contributed by atoms with Gasteiger partial charge in [0.2, 0.25) is 0 Å². The molecule has 1 amide bonds. The Kier molecular flexibility index (Phi) is 6.97. The lowest BCUT2D eigenvalue weighted by molar-refractivity contribution is 0.0502. The third-order valence-electron chi connectivity index (χ3n) is 2.95. The molecule has 0 fully saturated rings. The highest BCUT2D eigenvalue weighted by Gasteiger charge is 2.18. The number of hydrogen-bond acceptors (Lipinski definition) is 4. The number of hydrogen-bond donors (Lipinski definition) is 3. The van der Waals surface area contributed by atoms with Crippen LogP contribution >= 0.6 is 11.6 Å². The minimum absolute atomic E-state index is 0.0116. The quantitative estimate of drug-likeness (QED) is 0.748. The van der Waals surface area contributed by atoms with Gasteiger partial charge in [0.1, 0.15) is 11.4 Å². The molecule has 22 heavy (non-hydrogen) atoms. The van der Waals surface area contributed by atoms with Gasteiger partial charge in [-0.3, -0.25) is 0 Å². The fourth-order valence-corrected chi connectivity index (χ4v) is 2.03. The Morgan fingerprint density at radius 1 is 1.41 bits per heavy atom. The van der Waals surface area contributed by atoms with Crippen LogP contribution in [0.1, 0.15) is 39.7 Å². The number of ether oxygens (including phenoxy) is 1. The molecule has 0 aromatic heterocycles. The van der Waals surface area contributed by atoms with Gasteiger partial charge in [0.05, 0.1) is 5.02 Å². The minimum atomic E-state index is -0.501. The van der Waals surface area contributed by atoms with E-state index in [1.807, 2.05) is 27.7 Å². The molecule has 0 saturated carbocycles. The molecule has 1 atom stereocenters. The van der Waals surface area contributed by atoms with Crippen LogP contribution in [0, 0.1) is 0 Å². The molecular weight excluding hydrogens is 304 g/mol. The molecule has 1 unspecified atom stereocenters. The Labute approximate surface area is 137 Å². The Morgan fingerprint density at radius 2 is 2.09 bits per heavy atom. The van der Waals surface area contributed by atoms with Gasteiger partial charge in [0.15, 0.2) is 0 Å². The van der Waals surface area contributed by atoms with Crippen LogP contribution in [0.4, 0.5) is 4.79 Å². The normalized spacial score (nSPS) is 12.8. The van der Waals surface area contributed by atoms with Crippen molar-refractivity contribution in [3.8, 4) is 5.75 Å². The van der Waals surface area contributed by atoms with E-state index in [-0.39, 0.29) is 11.8 Å². The number of alkyl carbamates (subject to hydrolysis) is 1. The number of halogens is 1. The predicted octanol–water partition coefficient (Wildman–Crippen LogP) is 3.44. The minimum Gasteiger partial charge on any atom is -0.506 e. The number of rotatable bonds is 6. The van der Waals surface area contributed by atoms with Gasteiger partial charge >= 0.3 is 6.09 Å². The third kappa shape index (κ3) is 7.00. The topological polar surface area (TPSA) is 70.6 Å². The number of phenolic OH excluding ortho intramolecular Hbond substituents is 1. The zero-order valence-electron chi connectivity index (χ0n) is 13.6. The van der Waals surface area contributed by atoms with E-state index < -0.39 is 11.7 Å². The molecule has 1 aromatic carbocycles. The molecule has 0 saturated heterocycles. The van der Waals surface area contributed by atoms with Crippen LogP contribution in [0.5, 0.6) is 5.75 Å². The highest BCUT2D eigenvalue weighted by Crippen LogP contribution is 2.23. The molecule has 0 heterocycles. The first-order valence-corrected chi connectivity index (χ1v) is 7.76. The average molecular weight is 329 g/mol. The van der Waals surface area contributed by atoms with Gasteiger partial charge in [-0.15, -0.1) is 0 Å². The average Bonchev–Trinajstić information content (AvgIpc) is 2.39. The second-order valence-electron chi connectivity index (χ2n) is 6.17. The van der Waals surface area contributed by atoms with Crippen molar-refractivity contribution in [2.75, 3.05) is 6.54 Å². The van der Waals surface area contributed by atoms with Gasteiger partial charge in [-0.1, -0.05) is 24.6 Å². The molecule has 6 heteroatoms. The summed E-state index contributed by atoms with van der Waals surface area (Å²) < 4.78 is 5.24. The number of amides is 1. The molecule has 5 nitrogen and oxygen atoms in total. The van der Waals surface area contributed by atoms with Crippen LogP contribution in [-0.2, 0) is 11.3 Å². The Bertz CT molecular complexity index is 501. The van der Waals surface area contributed by atoms with Crippen LogP contribution in [-0.4, -0.2) is 29.4 Å². The molecule has 0 spiro atoms. The maximum atomic E-state index is 11.7. The Hall–Kier alpha value is -1.46. The molecule has 0 aliphatic carbocycles. The molecule has 0 aliphatic heterocycles. The van der Waals surface area contributed by atoms with Gasteiger partial charge in [0.25, 0.3) is 0 Å². The fraction of sp³-hybridized carbons (Fsp3) is 0.562. The number of carbonyl (C=O) groups excluding carboxylic acids is 1. The number of nitrogens with one attached hydrogen (secondary N) is 2. The van der Waals surface area contributed by atoms with Crippen molar-refractivity contribution in [1.29, 1.82) is 0 Å².